The van der Waals surface area contributed by atoms with E-state index in [1.54, 1.807) is 0 Å². The highest BCUT2D eigenvalue weighted by Crippen LogP contribution is 2.42. The lowest BCUT2D eigenvalue weighted by Gasteiger charge is -2.04. The van der Waals surface area contributed by atoms with Crippen LogP contribution in [-0.2, 0) is 0 Å². The first-order valence-corrected chi connectivity index (χ1v) is 6.09. The number of hydrogen-bond donors (Lipinski definition) is 2. The van der Waals surface area contributed by atoms with Crippen LogP contribution in [0.3, 0.4) is 0 Å². The molecule has 2 aromatic rings. The zero-order valence-electron chi connectivity index (χ0n) is 9.55. The normalized spacial score (nSPS) is 21.6. The lowest BCUT2D eigenvalue weighted by molar-refractivity contribution is 0.980. The highest BCUT2D eigenvalue weighted by Gasteiger charge is 2.38. The second kappa shape index (κ2) is 4.42. The van der Waals surface area contributed by atoms with Gasteiger partial charge in [-0.25, -0.2) is 0 Å². The Hall–Kier alpha value is -1.88. The lowest BCUT2D eigenvalue weighted by Crippen LogP contribution is -2.10. The molecule has 3 N–H and O–H groups in total. The largest absolute Gasteiger partial charge is 0.368 e. The van der Waals surface area contributed by atoms with Crippen LogP contribution in [0.2, 0.25) is 5.28 Å². The summed E-state index contributed by atoms with van der Waals surface area (Å²) in [6.45, 7) is 0. The van der Waals surface area contributed by atoms with Crippen molar-refractivity contribution in [3.05, 3.63) is 41.2 Å². The van der Waals surface area contributed by atoms with Gasteiger partial charge in [0.05, 0.1) is 0 Å². The number of nitrogens with one attached hydrogen (secondary N) is 1. The Morgan fingerprint density at radius 1 is 1.17 bits per heavy atom. The summed E-state index contributed by atoms with van der Waals surface area (Å²) in [6, 6.07) is 10.7. The summed E-state index contributed by atoms with van der Waals surface area (Å²) < 4.78 is 0. The van der Waals surface area contributed by atoms with E-state index >= 15 is 0 Å². The molecule has 1 aromatic heterocycles. The maximum Gasteiger partial charge on any atom is 0.229 e. The molecular formula is C12H12ClN5. The van der Waals surface area contributed by atoms with Crippen LogP contribution in [0.4, 0.5) is 11.9 Å². The van der Waals surface area contributed by atoms with Gasteiger partial charge in [-0.05, 0) is 23.6 Å². The van der Waals surface area contributed by atoms with E-state index in [0.29, 0.717) is 17.9 Å². The van der Waals surface area contributed by atoms with E-state index < -0.39 is 0 Å². The Balaban J connectivity index is 1.69. The van der Waals surface area contributed by atoms with Gasteiger partial charge in [0.2, 0.25) is 17.2 Å². The molecule has 1 fully saturated rings. The summed E-state index contributed by atoms with van der Waals surface area (Å²) in [5.74, 6) is 1.08. The molecular weight excluding hydrogens is 250 g/mol. The first kappa shape index (κ1) is 11.2. The second-order valence-electron chi connectivity index (χ2n) is 4.29. The molecule has 1 saturated carbocycles. The summed E-state index contributed by atoms with van der Waals surface area (Å²) in [6.07, 6.45) is 1.06. The van der Waals surface area contributed by atoms with Crippen molar-refractivity contribution in [2.45, 2.75) is 18.4 Å². The third-order valence-electron chi connectivity index (χ3n) is 2.96. The molecule has 1 aromatic carbocycles. The van der Waals surface area contributed by atoms with E-state index in [9.17, 15) is 0 Å². The molecule has 0 aliphatic heterocycles. The van der Waals surface area contributed by atoms with Crippen molar-refractivity contribution in [1.82, 2.24) is 15.0 Å². The van der Waals surface area contributed by atoms with E-state index in [2.05, 4.69) is 32.4 Å². The SMILES string of the molecule is Nc1nc(Cl)nc(NC2CC2c2ccccc2)n1. The fraction of sp³-hybridized carbons (Fsp3) is 0.250. The molecule has 0 bridgehead atoms. The number of aromatic nitrogens is 3. The van der Waals surface area contributed by atoms with Crippen LogP contribution >= 0.6 is 11.6 Å². The minimum Gasteiger partial charge on any atom is -0.368 e. The highest BCUT2D eigenvalue weighted by molar-refractivity contribution is 6.28. The molecule has 1 aliphatic carbocycles. The molecule has 3 rings (SSSR count). The summed E-state index contributed by atoms with van der Waals surface area (Å²) >= 11 is 5.73. The van der Waals surface area contributed by atoms with Crippen LogP contribution in [0.1, 0.15) is 17.9 Å². The number of rotatable bonds is 3. The molecule has 0 amide bonds. The van der Waals surface area contributed by atoms with Crippen LogP contribution in [0, 0.1) is 0 Å². The molecule has 0 saturated heterocycles. The van der Waals surface area contributed by atoms with Crippen molar-refractivity contribution in [2.24, 2.45) is 0 Å². The van der Waals surface area contributed by atoms with Gasteiger partial charge in [-0.2, -0.15) is 15.0 Å². The van der Waals surface area contributed by atoms with Crippen LogP contribution in [0.5, 0.6) is 0 Å². The zero-order chi connectivity index (χ0) is 12.5. The number of nitrogens with two attached hydrogens (primary N) is 1. The number of nitrogen functional groups attached to an aromatic ring is 1. The van der Waals surface area contributed by atoms with Crippen molar-refractivity contribution >= 4 is 23.5 Å². The van der Waals surface area contributed by atoms with E-state index in [1.807, 2.05) is 18.2 Å². The second-order valence-corrected chi connectivity index (χ2v) is 4.63. The van der Waals surface area contributed by atoms with Gasteiger partial charge in [-0.15, -0.1) is 0 Å². The first-order chi connectivity index (χ1) is 8.72. The van der Waals surface area contributed by atoms with Gasteiger partial charge in [0, 0.05) is 12.0 Å². The van der Waals surface area contributed by atoms with Gasteiger partial charge in [0.25, 0.3) is 0 Å². The fourth-order valence-electron chi connectivity index (χ4n) is 2.02. The number of halogens is 1. The summed E-state index contributed by atoms with van der Waals surface area (Å²) in [5.41, 5.74) is 6.84. The lowest BCUT2D eigenvalue weighted by atomic mass is 10.1. The van der Waals surface area contributed by atoms with Gasteiger partial charge < -0.3 is 11.1 Å². The average Bonchev–Trinajstić information content (AvgIpc) is 3.08. The number of nitrogens with zero attached hydrogens (tertiary/aromatic N) is 3. The minimum absolute atomic E-state index is 0.113. The highest BCUT2D eigenvalue weighted by atomic mass is 35.5. The maximum atomic E-state index is 5.73. The van der Waals surface area contributed by atoms with Crippen molar-refractivity contribution in [3.63, 3.8) is 0 Å². The predicted molar refractivity (Wildman–Crippen MR) is 70.5 cm³/mol. The van der Waals surface area contributed by atoms with Crippen molar-refractivity contribution < 1.29 is 0 Å². The van der Waals surface area contributed by atoms with Gasteiger partial charge in [0.15, 0.2) is 0 Å². The summed E-state index contributed by atoms with van der Waals surface area (Å²) in [4.78, 5) is 11.7. The van der Waals surface area contributed by atoms with Crippen molar-refractivity contribution in [2.75, 3.05) is 11.1 Å². The van der Waals surface area contributed by atoms with Crippen molar-refractivity contribution in [3.8, 4) is 0 Å². The van der Waals surface area contributed by atoms with E-state index in [-0.39, 0.29) is 11.2 Å². The molecule has 5 nitrogen and oxygen atoms in total. The molecule has 6 heteroatoms. The monoisotopic (exact) mass is 261 g/mol. The van der Waals surface area contributed by atoms with Gasteiger partial charge in [0.1, 0.15) is 0 Å². The smallest absolute Gasteiger partial charge is 0.229 e. The van der Waals surface area contributed by atoms with E-state index in [4.69, 9.17) is 17.3 Å². The number of benzene rings is 1. The van der Waals surface area contributed by atoms with Crippen LogP contribution in [0.25, 0.3) is 0 Å². The maximum absolute atomic E-state index is 5.73. The molecule has 1 aliphatic rings. The summed E-state index contributed by atoms with van der Waals surface area (Å²) in [5, 5.41) is 3.33. The van der Waals surface area contributed by atoms with Crippen LogP contribution in [-0.4, -0.2) is 21.0 Å². The zero-order valence-corrected chi connectivity index (χ0v) is 10.3. The Kier molecular flexibility index (Phi) is 2.76. The predicted octanol–water partition coefficient (Wildman–Crippen LogP) is 2.08. The standard InChI is InChI=1S/C12H12ClN5/c13-10-16-11(14)18-12(17-10)15-9-6-8(9)7-4-2-1-3-5-7/h1-5,8-9H,6H2,(H3,14,15,16,17,18). The molecule has 2 atom stereocenters. The summed E-state index contributed by atoms with van der Waals surface area (Å²) in [7, 11) is 0. The Labute approximate surface area is 109 Å². The topological polar surface area (TPSA) is 76.7 Å². The molecule has 18 heavy (non-hydrogen) atoms. The number of anilines is 2. The Bertz CT molecular complexity index is 539. The Morgan fingerprint density at radius 3 is 2.67 bits per heavy atom. The molecule has 92 valence electrons. The third kappa shape index (κ3) is 2.36. The van der Waals surface area contributed by atoms with Gasteiger partial charge >= 0.3 is 0 Å². The quantitative estimate of drug-likeness (QED) is 0.885. The van der Waals surface area contributed by atoms with E-state index in [1.165, 1.54) is 5.56 Å². The molecule has 0 spiro atoms. The number of hydrogen-bond acceptors (Lipinski definition) is 5. The van der Waals surface area contributed by atoms with Gasteiger partial charge in [-0.1, -0.05) is 30.3 Å². The van der Waals surface area contributed by atoms with Crippen LogP contribution < -0.4 is 11.1 Å². The fourth-order valence-corrected chi connectivity index (χ4v) is 2.19. The van der Waals surface area contributed by atoms with Crippen LogP contribution in [0.15, 0.2) is 30.3 Å². The third-order valence-corrected chi connectivity index (χ3v) is 3.13. The van der Waals surface area contributed by atoms with Crippen molar-refractivity contribution in [1.29, 1.82) is 0 Å². The first-order valence-electron chi connectivity index (χ1n) is 5.71. The average molecular weight is 262 g/mol. The molecule has 0 radical (unpaired) electrons. The molecule has 1 heterocycles. The minimum atomic E-state index is 0.113. The van der Waals surface area contributed by atoms with E-state index in [0.717, 1.165) is 6.42 Å². The van der Waals surface area contributed by atoms with Gasteiger partial charge in [-0.3, -0.25) is 0 Å². The molecule has 2 unspecified atom stereocenters. The Morgan fingerprint density at radius 2 is 1.94 bits per heavy atom.